The van der Waals surface area contributed by atoms with Gasteiger partial charge in [0.1, 0.15) is 5.01 Å². The van der Waals surface area contributed by atoms with Gasteiger partial charge in [-0.05, 0) is 6.92 Å². The molecule has 7 nitrogen and oxygen atoms in total. The summed E-state index contributed by atoms with van der Waals surface area (Å²) in [6.07, 6.45) is 1.64. The lowest BCUT2D eigenvalue weighted by atomic mass is 10.4. The molecule has 0 radical (unpaired) electrons. The molecule has 0 aromatic carbocycles. The number of carbonyl (C=O) groups is 2. The number of aliphatic carboxylic acids is 1. The Labute approximate surface area is 95.4 Å². The third-order valence-electron chi connectivity index (χ3n) is 1.53. The Hall–Kier alpha value is -1.67. The summed E-state index contributed by atoms with van der Waals surface area (Å²) in [4.78, 5) is 29.7. The fourth-order valence-corrected chi connectivity index (χ4v) is 1.55. The topological polar surface area (TPSA) is 101 Å². The highest BCUT2D eigenvalue weighted by molar-refractivity contribution is 7.09. The highest BCUT2D eigenvalue weighted by atomic mass is 32.1. The maximum atomic E-state index is 11.2. The highest BCUT2D eigenvalue weighted by Crippen LogP contribution is 2.13. The molecule has 0 saturated carbocycles. The van der Waals surface area contributed by atoms with Gasteiger partial charge in [-0.3, -0.25) is 4.84 Å². The summed E-state index contributed by atoms with van der Waals surface area (Å²) in [6, 6.07) is -0.864. The number of thiazole rings is 1. The molecule has 1 rings (SSSR count). The van der Waals surface area contributed by atoms with E-state index in [4.69, 9.17) is 5.11 Å². The van der Waals surface area contributed by atoms with Crippen molar-refractivity contribution in [2.24, 2.45) is 0 Å². The third kappa shape index (κ3) is 4.24. The van der Waals surface area contributed by atoms with Gasteiger partial charge in [0, 0.05) is 11.6 Å². The van der Waals surface area contributed by atoms with E-state index < -0.39 is 18.6 Å². The van der Waals surface area contributed by atoms with Crippen molar-refractivity contribution >= 4 is 23.3 Å². The molecule has 0 saturated heterocycles. The highest BCUT2D eigenvalue weighted by Gasteiger charge is 2.11. The zero-order chi connectivity index (χ0) is 12.0. The Morgan fingerprint density at radius 1 is 1.69 bits per heavy atom. The summed E-state index contributed by atoms with van der Waals surface area (Å²) >= 11 is 1.41. The number of carboxylic acid groups (broad SMARTS) is 1. The Morgan fingerprint density at radius 3 is 3.00 bits per heavy atom. The van der Waals surface area contributed by atoms with Crippen LogP contribution in [0.25, 0.3) is 0 Å². The quantitative estimate of drug-likeness (QED) is 0.656. The molecular formula is C8H11N3O4S. The van der Waals surface area contributed by atoms with Gasteiger partial charge in [-0.2, -0.15) is 0 Å². The van der Waals surface area contributed by atoms with Crippen molar-refractivity contribution in [1.82, 2.24) is 15.8 Å². The van der Waals surface area contributed by atoms with Crippen molar-refractivity contribution in [1.29, 1.82) is 0 Å². The smallest absolute Gasteiger partial charge is 0.339 e. The molecule has 0 fully saturated rings. The minimum absolute atomic E-state index is 0.256. The Kier molecular flexibility index (Phi) is 4.67. The zero-order valence-corrected chi connectivity index (χ0v) is 9.28. The first-order valence-electron chi connectivity index (χ1n) is 4.39. The summed E-state index contributed by atoms with van der Waals surface area (Å²) in [7, 11) is 0. The second-order valence-electron chi connectivity index (χ2n) is 2.85. The van der Waals surface area contributed by atoms with Gasteiger partial charge in [-0.25, -0.2) is 20.1 Å². The van der Waals surface area contributed by atoms with E-state index in [1.807, 2.05) is 5.48 Å². The van der Waals surface area contributed by atoms with Crippen LogP contribution in [0.3, 0.4) is 0 Å². The number of urea groups is 1. The van der Waals surface area contributed by atoms with E-state index >= 15 is 0 Å². The molecule has 8 heteroatoms. The van der Waals surface area contributed by atoms with E-state index in [9.17, 15) is 9.59 Å². The number of hydrogen-bond acceptors (Lipinski definition) is 5. The number of hydroxylamine groups is 1. The van der Waals surface area contributed by atoms with Crippen molar-refractivity contribution in [2.75, 3.05) is 6.61 Å². The van der Waals surface area contributed by atoms with E-state index in [1.54, 1.807) is 18.5 Å². The molecular weight excluding hydrogens is 234 g/mol. The van der Waals surface area contributed by atoms with Crippen molar-refractivity contribution in [3.05, 3.63) is 16.6 Å². The lowest BCUT2D eigenvalue weighted by Crippen LogP contribution is -2.37. The second kappa shape index (κ2) is 6.03. The molecule has 0 bridgehead atoms. The van der Waals surface area contributed by atoms with Gasteiger partial charge in [0.2, 0.25) is 0 Å². The van der Waals surface area contributed by atoms with E-state index in [-0.39, 0.29) is 6.04 Å². The number of carboxylic acids is 1. The van der Waals surface area contributed by atoms with Crippen LogP contribution in [0, 0.1) is 0 Å². The van der Waals surface area contributed by atoms with Crippen LogP contribution >= 0.6 is 11.3 Å². The van der Waals surface area contributed by atoms with Crippen LogP contribution < -0.4 is 10.8 Å². The lowest BCUT2D eigenvalue weighted by molar-refractivity contribution is -0.144. The molecule has 0 aliphatic carbocycles. The van der Waals surface area contributed by atoms with E-state index in [1.165, 1.54) is 11.3 Å². The third-order valence-corrected chi connectivity index (χ3v) is 2.49. The van der Waals surface area contributed by atoms with Crippen LogP contribution in [0.15, 0.2) is 11.6 Å². The lowest BCUT2D eigenvalue weighted by Gasteiger charge is -2.11. The number of hydrogen-bond donors (Lipinski definition) is 3. The molecule has 1 aromatic rings. The second-order valence-corrected chi connectivity index (χ2v) is 3.78. The van der Waals surface area contributed by atoms with Gasteiger partial charge in [0.05, 0.1) is 6.04 Å². The molecule has 0 aliphatic heterocycles. The fourth-order valence-electron chi connectivity index (χ4n) is 0.900. The SMILES string of the molecule is CC(NC(=O)NOCC(=O)O)c1nccs1. The normalized spacial score (nSPS) is 11.8. The molecule has 3 N–H and O–H groups in total. The summed E-state index contributed by atoms with van der Waals surface area (Å²) in [5.41, 5.74) is 1.95. The molecule has 0 aliphatic rings. The average molecular weight is 245 g/mol. The summed E-state index contributed by atoms with van der Waals surface area (Å²) in [6.45, 7) is 1.18. The Morgan fingerprint density at radius 2 is 2.44 bits per heavy atom. The number of rotatable bonds is 5. The number of carbonyl (C=O) groups excluding carboxylic acids is 1. The van der Waals surface area contributed by atoms with Gasteiger partial charge in [0.25, 0.3) is 0 Å². The van der Waals surface area contributed by atoms with E-state index in [2.05, 4.69) is 15.1 Å². The monoisotopic (exact) mass is 245 g/mol. The molecule has 2 amide bonds. The summed E-state index contributed by atoms with van der Waals surface area (Å²) < 4.78 is 0. The van der Waals surface area contributed by atoms with Crippen LogP contribution in [0.2, 0.25) is 0 Å². The van der Waals surface area contributed by atoms with Gasteiger partial charge in [0.15, 0.2) is 6.61 Å². The molecule has 16 heavy (non-hydrogen) atoms. The van der Waals surface area contributed by atoms with E-state index in [0.717, 1.165) is 5.01 Å². The average Bonchev–Trinajstić information content (AvgIpc) is 2.69. The maximum absolute atomic E-state index is 11.2. The van der Waals surface area contributed by atoms with Gasteiger partial charge < -0.3 is 10.4 Å². The first kappa shape index (κ1) is 12.4. The number of nitrogens with one attached hydrogen (secondary N) is 2. The van der Waals surface area contributed by atoms with Gasteiger partial charge >= 0.3 is 12.0 Å². The molecule has 1 unspecified atom stereocenters. The van der Waals surface area contributed by atoms with Crippen molar-refractivity contribution in [3.63, 3.8) is 0 Å². The zero-order valence-electron chi connectivity index (χ0n) is 8.47. The minimum Gasteiger partial charge on any atom is -0.479 e. The maximum Gasteiger partial charge on any atom is 0.339 e. The largest absolute Gasteiger partial charge is 0.479 e. The first-order valence-corrected chi connectivity index (χ1v) is 5.27. The fraction of sp³-hybridized carbons (Fsp3) is 0.375. The van der Waals surface area contributed by atoms with Gasteiger partial charge in [-0.1, -0.05) is 0 Å². The molecule has 0 spiro atoms. The van der Waals surface area contributed by atoms with Crippen molar-refractivity contribution < 1.29 is 19.5 Å². The standard InChI is InChI=1S/C8H11N3O4S/c1-5(7-9-2-3-16-7)10-8(14)11-15-4-6(12)13/h2-3,5H,4H2,1H3,(H,12,13)(H2,10,11,14). The van der Waals surface area contributed by atoms with Crippen LogP contribution in [0.4, 0.5) is 4.79 Å². The molecule has 1 aromatic heterocycles. The number of aromatic nitrogens is 1. The Balaban J connectivity index is 2.26. The predicted octanol–water partition coefficient (Wildman–Crippen LogP) is 0.519. The molecule has 1 heterocycles. The molecule has 88 valence electrons. The van der Waals surface area contributed by atoms with Crippen LogP contribution in [-0.2, 0) is 9.63 Å². The van der Waals surface area contributed by atoms with Crippen molar-refractivity contribution in [2.45, 2.75) is 13.0 Å². The van der Waals surface area contributed by atoms with Gasteiger partial charge in [-0.15, -0.1) is 11.3 Å². The minimum atomic E-state index is -1.16. The number of nitrogens with zero attached hydrogens (tertiary/aromatic N) is 1. The van der Waals surface area contributed by atoms with E-state index in [0.29, 0.717) is 0 Å². The summed E-state index contributed by atoms with van der Waals surface area (Å²) in [5.74, 6) is -1.16. The Bertz CT molecular complexity index is 354. The number of amides is 2. The van der Waals surface area contributed by atoms with Crippen molar-refractivity contribution in [3.8, 4) is 0 Å². The first-order chi connectivity index (χ1) is 7.59. The van der Waals surface area contributed by atoms with Crippen LogP contribution in [-0.4, -0.2) is 28.7 Å². The molecule has 1 atom stereocenters. The van der Waals surface area contributed by atoms with Crippen LogP contribution in [0.5, 0.6) is 0 Å². The summed E-state index contributed by atoms with van der Waals surface area (Å²) in [5, 5.41) is 13.3. The predicted molar refractivity (Wildman–Crippen MR) is 55.8 cm³/mol. The van der Waals surface area contributed by atoms with Crippen LogP contribution in [0.1, 0.15) is 18.0 Å².